The molecule has 1 heteroatoms. The average molecular weight is 127 g/mol. The van der Waals surface area contributed by atoms with Crippen molar-refractivity contribution >= 4 is 6.29 Å². The Kier molecular flexibility index (Phi) is 2.05. The SMILES string of the molecule is CC(C)(C)C(C)(C)[C]=O. The second-order valence-corrected chi connectivity index (χ2v) is 3.98. The van der Waals surface area contributed by atoms with Crippen LogP contribution >= 0.6 is 0 Å². The van der Waals surface area contributed by atoms with Gasteiger partial charge in [-0.05, 0) is 5.41 Å². The molecule has 0 saturated heterocycles. The highest BCUT2D eigenvalue weighted by atomic mass is 16.1. The molecule has 1 radical (unpaired) electrons. The lowest BCUT2D eigenvalue weighted by molar-refractivity contribution is 0.209. The lowest BCUT2D eigenvalue weighted by Crippen LogP contribution is -2.30. The summed E-state index contributed by atoms with van der Waals surface area (Å²) in [5.41, 5.74) is -0.304. The first-order valence-electron chi connectivity index (χ1n) is 3.20. The molecule has 0 aromatic heterocycles. The number of carbonyl (C=O) groups excluding carboxylic acids is 1. The first-order chi connectivity index (χ1) is 3.81. The van der Waals surface area contributed by atoms with E-state index in [2.05, 4.69) is 0 Å². The van der Waals surface area contributed by atoms with E-state index >= 15 is 0 Å². The van der Waals surface area contributed by atoms with Gasteiger partial charge in [0.15, 0.2) is 0 Å². The Morgan fingerprint density at radius 2 is 1.33 bits per heavy atom. The molecule has 0 atom stereocenters. The Morgan fingerprint density at radius 3 is 1.33 bits per heavy atom. The summed E-state index contributed by atoms with van der Waals surface area (Å²) in [6, 6.07) is 0. The Hall–Kier alpha value is -0.330. The smallest absolute Gasteiger partial charge is 0.205 e. The standard InChI is InChI=1S/C8H15O/c1-7(2,3)8(4,5)6-9/h1-5H3. The maximum atomic E-state index is 10.3. The summed E-state index contributed by atoms with van der Waals surface area (Å²) in [6.07, 6.45) is 2.03. The zero-order chi connectivity index (χ0) is 7.71. The van der Waals surface area contributed by atoms with E-state index in [-0.39, 0.29) is 10.8 Å². The molecule has 0 rings (SSSR count). The first kappa shape index (κ1) is 8.67. The van der Waals surface area contributed by atoms with Crippen molar-refractivity contribution < 1.29 is 4.79 Å². The van der Waals surface area contributed by atoms with Gasteiger partial charge in [0.1, 0.15) is 0 Å². The third-order valence-corrected chi connectivity index (χ3v) is 2.13. The van der Waals surface area contributed by atoms with Crippen LogP contribution in [0.1, 0.15) is 34.6 Å². The van der Waals surface area contributed by atoms with E-state index in [0.29, 0.717) is 0 Å². The Morgan fingerprint density at radius 1 is 1.00 bits per heavy atom. The van der Waals surface area contributed by atoms with Crippen LogP contribution in [0.5, 0.6) is 0 Å². The van der Waals surface area contributed by atoms with E-state index in [4.69, 9.17) is 0 Å². The number of hydrogen-bond donors (Lipinski definition) is 0. The third-order valence-electron chi connectivity index (χ3n) is 2.13. The lowest BCUT2D eigenvalue weighted by atomic mass is 9.70. The number of hydrogen-bond acceptors (Lipinski definition) is 1. The minimum absolute atomic E-state index is 0.0226. The molecule has 0 aromatic rings. The largest absolute Gasteiger partial charge is 0.290 e. The zero-order valence-electron chi connectivity index (χ0n) is 6.91. The molecule has 0 aromatic carbocycles. The van der Waals surface area contributed by atoms with Gasteiger partial charge >= 0.3 is 0 Å². The normalized spacial score (nSPS) is 13.4. The predicted octanol–water partition coefficient (Wildman–Crippen LogP) is 2.17. The maximum absolute atomic E-state index is 10.3. The Bertz CT molecular complexity index is 106. The molecule has 0 aliphatic rings. The summed E-state index contributed by atoms with van der Waals surface area (Å²) in [6.45, 7) is 9.92. The van der Waals surface area contributed by atoms with Gasteiger partial charge in [-0.1, -0.05) is 34.6 Å². The van der Waals surface area contributed by atoms with Crippen LogP contribution in [-0.4, -0.2) is 6.29 Å². The van der Waals surface area contributed by atoms with Gasteiger partial charge in [-0.15, -0.1) is 0 Å². The van der Waals surface area contributed by atoms with Gasteiger partial charge < -0.3 is 0 Å². The molecular formula is C8H15O. The second-order valence-electron chi connectivity index (χ2n) is 3.98. The van der Waals surface area contributed by atoms with Crippen molar-refractivity contribution in [2.75, 3.05) is 0 Å². The minimum Gasteiger partial charge on any atom is -0.290 e. The van der Waals surface area contributed by atoms with Crippen LogP contribution in [-0.2, 0) is 4.79 Å². The molecule has 9 heavy (non-hydrogen) atoms. The molecule has 0 aliphatic carbocycles. The summed E-state index contributed by atoms with van der Waals surface area (Å²) in [4.78, 5) is 10.3. The van der Waals surface area contributed by atoms with Crippen LogP contribution in [0.3, 0.4) is 0 Å². The van der Waals surface area contributed by atoms with Crippen molar-refractivity contribution in [2.45, 2.75) is 34.6 Å². The highest BCUT2D eigenvalue weighted by molar-refractivity contribution is 5.60. The molecule has 1 nitrogen and oxygen atoms in total. The monoisotopic (exact) mass is 127 g/mol. The van der Waals surface area contributed by atoms with Crippen molar-refractivity contribution in [1.82, 2.24) is 0 Å². The fraction of sp³-hybridized carbons (Fsp3) is 0.875. The third kappa shape index (κ3) is 1.81. The van der Waals surface area contributed by atoms with Gasteiger partial charge in [0.2, 0.25) is 6.29 Å². The van der Waals surface area contributed by atoms with Crippen LogP contribution in [0.15, 0.2) is 0 Å². The topological polar surface area (TPSA) is 17.1 Å². The quantitative estimate of drug-likeness (QED) is 0.527. The highest BCUT2D eigenvalue weighted by Crippen LogP contribution is 2.35. The minimum atomic E-state index is -0.326. The van der Waals surface area contributed by atoms with Gasteiger partial charge in [0, 0.05) is 5.41 Å². The molecular weight excluding hydrogens is 112 g/mol. The first-order valence-corrected chi connectivity index (χ1v) is 3.20. The maximum Gasteiger partial charge on any atom is 0.205 e. The van der Waals surface area contributed by atoms with Gasteiger partial charge in [-0.3, -0.25) is 4.79 Å². The van der Waals surface area contributed by atoms with Gasteiger partial charge in [0.25, 0.3) is 0 Å². The fourth-order valence-corrected chi connectivity index (χ4v) is 0.153. The van der Waals surface area contributed by atoms with Gasteiger partial charge in [0.05, 0.1) is 0 Å². The summed E-state index contributed by atoms with van der Waals surface area (Å²) in [5.74, 6) is 0. The molecule has 0 bridgehead atoms. The van der Waals surface area contributed by atoms with E-state index in [9.17, 15) is 4.79 Å². The van der Waals surface area contributed by atoms with Crippen LogP contribution in [0.2, 0.25) is 0 Å². The van der Waals surface area contributed by atoms with Crippen molar-refractivity contribution in [1.29, 1.82) is 0 Å². The van der Waals surface area contributed by atoms with E-state index in [1.165, 1.54) is 0 Å². The highest BCUT2D eigenvalue weighted by Gasteiger charge is 2.32. The van der Waals surface area contributed by atoms with Crippen LogP contribution < -0.4 is 0 Å². The predicted molar refractivity (Wildman–Crippen MR) is 38.9 cm³/mol. The van der Waals surface area contributed by atoms with Crippen LogP contribution in [0, 0.1) is 10.8 Å². The van der Waals surface area contributed by atoms with Gasteiger partial charge in [-0.2, -0.15) is 0 Å². The summed E-state index contributed by atoms with van der Waals surface area (Å²) in [5, 5.41) is 0. The molecule has 0 saturated carbocycles. The molecule has 0 amide bonds. The van der Waals surface area contributed by atoms with Crippen molar-refractivity contribution in [2.24, 2.45) is 10.8 Å². The fourth-order valence-electron chi connectivity index (χ4n) is 0.153. The summed E-state index contributed by atoms with van der Waals surface area (Å²) in [7, 11) is 0. The van der Waals surface area contributed by atoms with E-state index in [1.807, 2.05) is 40.9 Å². The Balaban J connectivity index is 4.32. The van der Waals surface area contributed by atoms with Crippen LogP contribution in [0.4, 0.5) is 0 Å². The van der Waals surface area contributed by atoms with Crippen LogP contribution in [0.25, 0.3) is 0 Å². The molecule has 0 unspecified atom stereocenters. The molecule has 0 fully saturated rings. The molecule has 0 spiro atoms. The summed E-state index contributed by atoms with van der Waals surface area (Å²) >= 11 is 0. The molecule has 0 N–H and O–H groups in total. The summed E-state index contributed by atoms with van der Waals surface area (Å²) < 4.78 is 0. The van der Waals surface area contributed by atoms with Gasteiger partial charge in [-0.25, -0.2) is 0 Å². The zero-order valence-corrected chi connectivity index (χ0v) is 6.91. The lowest BCUT2D eigenvalue weighted by Gasteiger charge is -2.32. The Labute approximate surface area is 57.5 Å². The van der Waals surface area contributed by atoms with Crippen molar-refractivity contribution in [3.05, 3.63) is 0 Å². The van der Waals surface area contributed by atoms with E-state index in [0.717, 1.165) is 0 Å². The van der Waals surface area contributed by atoms with E-state index < -0.39 is 0 Å². The number of rotatable bonds is 1. The molecule has 53 valence electrons. The van der Waals surface area contributed by atoms with Crippen molar-refractivity contribution in [3.63, 3.8) is 0 Å². The van der Waals surface area contributed by atoms with E-state index in [1.54, 1.807) is 0 Å². The second kappa shape index (κ2) is 2.13. The molecule has 0 aliphatic heterocycles. The average Bonchev–Trinajstić information content (AvgIpc) is 1.64. The molecule has 0 heterocycles. The van der Waals surface area contributed by atoms with Crippen molar-refractivity contribution in [3.8, 4) is 0 Å².